The van der Waals surface area contributed by atoms with Gasteiger partial charge in [0.2, 0.25) is 0 Å². The van der Waals surface area contributed by atoms with Crippen LogP contribution in [0.5, 0.6) is 0 Å². The maximum Gasteiger partial charge on any atom is 0.0472 e. The molecule has 4 atom stereocenters. The van der Waals surface area contributed by atoms with Gasteiger partial charge in [0.1, 0.15) is 0 Å². The molecule has 10 heavy (non-hydrogen) atoms. The predicted molar refractivity (Wildman–Crippen MR) is 40.8 cm³/mol. The molecule has 1 heteroatoms. The Kier molecular flexibility index (Phi) is 0.713. The molecule has 0 saturated carbocycles. The first-order valence-electron chi connectivity index (χ1n) is 4.23. The summed E-state index contributed by atoms with van der Waals surface area (Å²) in [6.07, 6.45) is 2.82. The molecular formula is C9H13N. The van der Waals surface area contributed by atoms with E-state index in [0.717, 1.165) is 18.0 Å². The predicted octanol–water partition coefficient (Wildman–Crippen LogP) is 1.41. The van der Waals surface area contributed by atoms with Crippen LogP contribution in [-0.2, 0) is 0 Å². The quantitative estimate of drug-likeness (QED) is 0.358. The molecule has 2 aliphatic carbocycles. The summed E-state index contributed by atoms with van der Waals surface area (Å²) >= 11 is 0. The van der Waals surface area contributed by atoms with Crippen LogP contribution in [0, 0.1) is 5.92 Å². The lowest BCUT2D eigenvalue weighted by Gasteiger charge is -2.28. The van der Waals surface area contributed by atoms with Crippen molar-refractivity contribution in [3.8, 4) is 0 Å². The largest absolute Gasteiger partial charge is 0.293 e. The molecule has 0 spiro atoms. The highest BCUT2D eigenvalue weighted by molar-refractivity contribution is 5.45. The first-order valence-corrected chi connectivity index (χ1v) is 4.23. The van der Waals surface area contributed by atoms with Gasteiger partial charge in [0.15, 0.2) is 0 Å². The Bertz CT molecular complexity index is 229. The summed E-state index contributed by atoms with van der Waals surface area (Å²) in [7, 11) is 2.25. The molecule has 1 heterocycles. The van der Waals surface area contributed by atoms with E-state index in [1.807, 2.05) is 5.57 Å². The van der Waals surface area contributed by atoms with E-state index in [2.05, 4.69) is 18.9 Å². The fourth-order valence-corrected chi connectivity index (χ4v) is 2.85. The van der Waals surface area contributed by atoms with Crippen LogP contribution in [-0.4, -0.2) is 24.0 Å². The third-order valence-electron chi connectivity index (χ3n) is 3.50. The second kappa shape index (κ2) is 1.33. The molecule has 54 valence electrons. The molecule has 0 bridgehead atoms. The van der Waals surface area contributed by atoms with Gasteiger partial charge in [-0.05, 0) is 31.4 Å². The summed E-state index contributed by atoms with van der Waals surface area (Å²) in [6, 6.07) is 1.84. The average molecular weight is 135 g/mol. The monoisotopic (exact) mass is 135 g/mol. The summed E-state index contributed by atoms with van der Waals surface area (Å²) in [5.74, 6) is 0.926. The second-order valence-corrected chi connectivity index (χ2v) is 4.05. The number of hydrogen-bond acceptors (Lipinski definition) is 1. The van der Waals surface area contributed by atoms with Gasteiger partial charge in [-0.3, -0.25) is 4.90 Å². The summed E-state index contributed by atoms with van der Waals surface area (Å²) in [6.45, 7) is 2.37. The molecule has 0 amide bonds. The van der Waals surface area contributed by atoms with Gasteiger partial charge in [0, 0.05) is 12.1 Å². The smallest absolute Gasteiger partial charge is 0.0472 e. The molecule has 3 aliphatic rings. The third-order valence-corrected chi connectivity index (χ3v) is 3.50. The van der Waals surface area contributed by atoms with Gasteiger partial charge >= 0.3 is 0 Å². The number of hydrogen-bond donors (Lipinski definition) is 0. The van der Waals surface area contributed by atoms with Gasteiger partial charge in [0.05, 0.1) is 0 Å². The van der Waals surface area contributed by atoms with Gasteiger partial charge < -0.3 is 0 Å². The van der Waals surface area contributed by atoms with Crippen LogP contribution in [0.1, 0.15) is 19.8 Å². The van der Waals surface area contributed by atoms with Crippen molar-refractivity contribution in [2.75, 3.05) is 7.05 Å². The van der Waals surface area contributed by atoms with Crippen molar-refractivity contribution in [1.29, 1.82) is 0 Å². The molecule has 1 aliphatic heterocycles. The van der Waals surface area contributed by atoms with Crippen LogP contribution < -0.4 is 0 Å². The minimum absolute atomic E-state index is 0.902. The highest BCUT2D eigenvalue weighted by atomic mass is 15.3. The first kappa shape index (κ1) is 5.36. The van der Waals surface area contributed by atoms with Crippen molar-refractivity contribution >= 4 is 0 Å². The first-order chi connectivity index (χ1) is 4.79. The van der Waals surface area contributed by atoms with E-state index >= 15 is 0 Å². The van der Waals surface area contributed by atoms with E-state index in [1.165, 1.54) is 12.8 Å². The minimum Gasteiger partial charge on any atom is -0.293 e. The Hall–Kier alpha value is -0.300. The fourth-order valence-electron chi connectivity index (χ4n) is 2.85. The molecule has 0 radical (unpaired) electrons. The van der Waals surface area contributed by atoms with E-state index in [9.17, 15) is 0 Å². The van der Waals surface area contributed by atoms with Gasteiger partial charge in [0.25, 0.3) is 0 Å². The SMILES string of the molecule is C[C@@H]1CC2=C1C1C(C2)N1C. The summed E-state index contributed by atoms with van der Waals surface area (Å²) in [4.78, 5) is 2.51. The normalized spacial score (nSPS) is 55.8. The molecule has 0 aromatic heterocycles. The third kappa shape index (κ3) is 0.392. The molecule has 0 aromatic carbocycles. The van der Waals surface area contributed by atoms with Gasteiger partial charge in [-0.2, -0.15) is 0 Å². The summed E-state index contributed by atoms with van der Waals surface area (Å²) < 4.78 is 0. The second-order valence-electron chi connectivity index (χ2n) is 4.05. The number of rotatable bonds is 0. The van der Waals surface area contributed by atoms with E-state index < -0.39 is 0 Å². The molecule has 0 N–H and O–H groups in total. The Morgan fingerprint density at radius 3 is 2.80 bits per heavy atom. The van der Waals surface area contributed by atoms with Crippen LogP contribution in [0.4, 0.5) is 0 Å². The van der Waals surface area contributed by atoms with Crippen molar-refractivity contribution in [2.45, 2.75) is 31.8 Å². The van der Waals surface area contributed by atoms with Gasteiger partial charge in [-0.15, -0.1) is 0 Å². The van der Waals surface area contributed by atoms with Crippen molar-refractivity contribution in [2.24, 2.45) is 5.92 Å². The van der Waals surface area contributed by atoms with Gasteiger partial charge in [-0.1, -0.05) is 12.5 Å². The van der Waals surface area contributed by atoms with Crippen LogP contribution >= 0.6 is 0 Å². The summed E-state index contributed by atoms with van der Waals surface area (Å²) in [5, 5.41) is 0. The van der Waals surface area contributed by atoms with E-state index in [4.69, 9.17) is 0 Å². The molecule has 3 rings (SSSR count). The molecule has 1 nitrogen and oxygen atoms in total. The van der Waals surface area contributed by atoms with Gasteiger partial charge in [-0.25, -0.2) is 0 Å². The maximum atomic E-state index is 2.51. The molecule has 3 unspecified atom stereocenters. The topological polar surface area (TPSA) is 3.01 Å². The number of likely N-dealkylation sites (tertiary alicyclic amines) is 1. The summed E-state index contributed by atoms with van der Waals surface area (Å²) in [5.41, 5.74) is 3.62. The van der Waals surface area contributed by atoms with Crippen molar-refractivity contribution in [3.63, 3.8) is 0 Å². The zero-order valence-corrected chi connectivity index (χ0v) is 6.59. The average Bonchev–Trinajstić information content (AvgIpc) is 2.42. The Balaban J connectivity index is 1.98. The highest BCUT2D eigenvalue weighted by Gasteiger charge is 2.56. The standard InChI is InChI=1S/C9H13N/c1-5-3-6-4-7-9(8(5)6)10(7)2/h5,7,9H,3-4H2,1-2H3/t5-,7?,9?,10?/m1/s1. The lowest BCUT2D eigenvalue weighted by Crippen LogP contribution is -2.19. The van der Waals surface area contributed by atoms with Crippen molar-refractivity contribution in [1.82, 2.24) is 4.90 Å². The van der Waals surface area contributed by atoms with Crippen LogP contribution in [0.25, 0.3) is 0 Å². The van der Waals surface area contributed by atoms with Crippen molar-refractivity contribution < 1.29 is 0 Å². The Morgan fingerprint density at radius 2 is 2.20 bits per heavy atom. The van der Waals surface area contributed by atoms with E-state index in [1.54, 1.807) is 5.57 Å². The zero-order chi connectivity index (χ0) is 6.88. The Labute approximate surface area is 61.7 Å². The highest BCUT2D eigenvalue weighted by Crippen LogP contribution is 2.55. The Morgan fingerprint density at radius 1 is 1.40 bits per heavy atom. The molecule has 1 saturated heterocycles. The number of fused-ring (bicyclic) bond motifs is 2. The minimum atomic E-state index is 0.902. The number of likely N-dealkylation sites (N-methyl/N-ethyl adjacent to an activating group) is 1. The van der Waals surface area contributed by atoms with Crippen molar-refractivity contribution in [3.05, 3.63) is 11.1 Å². The zero-order valence-electron chi connectivity index (χ0n) is 6.59. The molecule has 0 aromatic rings. The van der Waals surface area contributed by atoms with Crippen LogP contribution in [0.3, 0.4) is 0 Å². The molecule has 1 fully saturated rings. The van der Waals surface area contributed by atoms with E-state index in [0.29, 0.717) is 0 Å². The fraction of sp³-hybridized carbons (Fsp3) is 0.778. The van der Waals surface area contributed by atoms with E-state index in [-0.39, 0.29) is 0 Å². The molecular weight excluding hydrogens is 122 g/mol. The maximum absolute atomic E-state index is 2.51. The lowest BCUT2D eigenvalue weighted by molar-refractivity contribution is 0.480. The van der Waals surface area contributed by atoms with Crippen LogP contribution in [0.15, 0.2) is 11.1 Å². The van der Waals surface area contributed by atoms with Crippen LogP contribution in [0.2, 0.25) is 0 Å². The lowest BCUT2D eigenvalue weighted by atomic mass is 9.79. The number of nitrogens with zero attached hydrogens (tertiary/aromatic N) is 1.